The number of H-pyrrole nitrogens is 1. The highest BCUT2D eigenvalue weighted by Crippen LogP contribution is 2.17. The lowest BCUT2D eigenvalue weighted by molar-refractivity contribution is -0.122. The van der Waals surface area contributed by atoms with Crippen molar-refractivity contribution < 1.29 is 9.59 Å². The van der Waals surface area contributed by atoms with Gasteiger partial charge in [-0.1, -0.05) is 18.2 Å². The average molecular weight is 391 g/mol. The Morgan fingerprint density at radius 1 is 1.10 bits per heavy atom. The molecule has 7 nitrogen and oxygen atoms in total. The smallest absolute Gasteiger partial charge is 0.238 e. The number of aromatic nitrogens is 2. The molecule has 4 rings (SSSR count). The summed E-state index contributed by atoms with van der Waals surface area (Å²) in [6.07, 6.45) is 7.43. The minimum absolute atomic E-state index is 0.00693. The predicted molar refractivity (Wildman–Crippen MR) is 112 cm³/mol. The molecule has 3 heterocycles. The Balaban J connectivity index is 1.21. The predicted octanol–water partition coefficient (Wildman–Crippen LogP) is 2.32. The Bertz CT molecular complexity index is 977. The molecule has 0 spiro atoms. The molecule has 1 aromatic carbocycles. The van der Waals surface area contributed by atoms with E-state index in [-0.39, 0.29) is 17.9 Å². The topological polar surface area (TPSA) is 90.1 Å². The molecule has 1 saturated heterocycles. The van der Waals surface area contributed by atoms with Gasteiger partial charge < -0.3 is 15.6 Å². The zero-order valence-electron chi connectivity index (χ0n) is 16.2. The average Bonchev–Trinajstić information content (AvgIpc) is 3.13. The third kappa shape index (κ3) is 5.00. The van der Waals surface area contributed by atoms with Crippen molar-refractivity contribution in [2.75, 3.05) is 25.0 Å². The van der Waals surface area contributed by atoms with E-state index in [0.717, 1.165) is 48.1 Å². The van der Waals surface area contributed by atoms with Crippen molar-refractivity contribution in [3.05, 3.63) is 60.6 Å². The van der Waals surface area contributed by atoms with Crippen molar-refractivity contribution in [3.8, 4) is 0 Å². The van der Waals surface area contributed by atoms with Gasteiger partial charge in [0.25, 0.3) is 0 Å². The van der Waals surface area contributed by atoms with Crippen LogP contribution in [-0.4, -0.2) is 52.4 Å². The molecular formula is C22H25N5O2. The fraction of sp³-hybridized carbons (Fsp3) is 0.318. The summed E-state index contributed by atoms with van der Waals surface area (Å²) in [6.45, 7) is 1.97. The molecule has 0 saturated carbocycles. The first kappa shape index (κ1) is 19.1. The van der Waals surface area contributed by atoms with Crippen LogP contribution in [0.15, 0.2) is 55.0 Å². The number of nitrogens with one attached hydrogen (secondary N) is 3. The number of hydrogen-bond donors (Lipinski definition) is 3. The van der Waals surface area contributed by atoms with E-state index in [0.29, 0.717) is 13.0 Å². The van der Waals surface area contributed by atoms with Gasteiger partial charge in [0.1, 0.15) is 0 Å². The molecule has 0 atom stereocenters. The second-order valence-corrected chi connectivity index (χ2v) is 7.44. The minimum atomic E-state index is -0.00693. The Morgan fingerprint density at radius 3 is 2.69 bits per heavy atom. The number of pyridine rings is 1. The standard InChI is InChI=1S/C22H25N5O2/c28-21(12-16-13-24-20-14-23-9-6-19(16)20)25-18-7-10-27(11-8-18)15-22(29)26-17-4-2-1-3-5-17/h1-6,9,13-14,18,24H,7-8,10-12,15H2,(H,25,28)(H,26,29). The molecule has 150 valence electrons. The SMILES string of the molecule is O=C(CN1CCC(NC(=O)Cc2c[nH]c3cnccc23)CC1)Nc1ccccc1. The van der Waals surface area contributed by atoms with Gasteiger partial charge >= 0.3 is 0 Å². The zero-order chi connectivity index (χ0) is 20.1. The summed E-state index contributed by atoms with van der Waals surface area (Å²) in [5.74, 6) is 0.0236. The largest absolute Gasteiger partial charge is 0.360 e. The van der Waals surface area contributed by atoms with Crippen LogP contribution in [0.3, 0.4) is 0 Å². The molecule has 1 aliphatic rings. The van der Waals surface area contributed by atoms with Gasteiger partial charge in [0.2, 0.25) is 11.8 Å². The number of aromatic amines is 1. The number of piperidine rings is 1. The van der Waals surface area contributed by atoms with Crippen LogP contribution < -0.4 is 10.6 Å². The first-order valence-electron chi connectivity index (χ1n) is 9.94. The fourth-order valence-corrected chi connectivity index (χ4v) is 3.79. The van der Waals surface area contributed by atoms with E-state index in [1.54, 1.807) is 12.4 Å². The third-order valence-electron chi connectivity index (χ3n) is 5.30. The molecule has 0 aliphatic carbocycles. The molecule has 1 aliphatic heterocycles. The number of anilines is 1. The summed E-state index contributed by atoms with van der Waals surface area (Å²) in [6, 6.07) is 11.6. The van der Waals surface area contributed by atoms with E-state index < -0.39 is 0 Å². The molecule has 1 fully saturated rings. The van der Waals surface area contributed by atoms with Crippen LogP contribution in [0, 0.1) is 0 Å². The molecular weight excluding hydrogens is 366 g/mol. The number of amides is 2. The fourth-order valence-electron chi connectivity index (χ4n) is 3.79. The van der Waals surface area contributed by atoms with Crippen LogP contribution in [-0.2, 0) is 16.0 Å². The Kier molecular flexibility index (Phi) is 5.86. The minimum Gasteiger partial charge on any atom is -0.360 e. The number of carbonyl (C=O) groups is 2. The Labute approximate surface area is 169 Å². The van der Waals surface area contributed by atoms with Crippen LogP contribution in [0.1, 0.15) is 18.4 Å². The van der Waals surface area contributed by atoms with E-state index in [1.165, 1.54) is 0 Å². The number of para-hydroxylation sites is 1. The van der Waals surface area contributed by atoms with Crippen molar-refractivity contribution in [1.82, 2.24) is 20.2 Å². The third-order valence-corrected chi connectivity index (χ3v) is 5.30. The Morgan fingerprint density at radius 2 is 1.90 bits per heavy atom. The van der Waals surface area contributed by atoms with Crippen LogP contribution in [0.25, 0.3) is 10.9 Å². The number of carbonyl (C=O) groups excluding carboxylic acids is 2. The molecule has 0 bridgehead atoms. The van der Waals surface area contributed by atoms with Gasteiger partial charge in [0.05, 0.1) is 24.7 Å². The van der Waals surface area contributed by atoms with Gasteiger partial charge in [-0.3, -0.25) is 19.5 Å². The maximum absolute atomic E-state index is 12.5. The van der Waals surface area contributed by atoms with Crippen molar-refractivity contribution in [1.29, 1.82) is 0 Å². The first-order chi connectivity index (χ1) is 14.2. The summed E-state index contributed by atoms with van der Waals surface area (Å²) in [7, 11) is 0. The summed E-state index contributed by atoms with van der Waals surface area (Å²) < 4.78 is 0. The lowest BCUT2D eigenvalue weighted by Gasteiger charge is -2.31. The van der Waals surface area contributed by atoms with Crippen molar-refractivity contribution in [3.63, 3.8) is 0 Å². The molecule has 0 unspecified atom stereocenters. The van der Waals surface area contributed by atoms with Gasteiger partial charge in [-0.05, 0) is 36.6 Å². The summed E-state index contributed by atoms with van der Waals surface area (Å²) in [4.78, 5) is 34.0. The van der Waals surface area contributed by atoms with Crippen LogP contribution in [0.5, 0.6) is 0 Å². The molecule has 7 heteroatoms. The van der Waals surface area contributed by atoms with Gasteiger partial charge in [-0.15, -0.1) is 0 Å². The molecule has 3 N–H and O–H groups in total. The number of hydrogen-bond acceptors (Lipinski definition) is 4. The molecule has 3 aromatic rings. The van der Waals surface area contributed by atoms with Gasteiger partial charge in [-0.2, -0.15) is 0 Å². The van der Waals surface area contributed by atoms with Gasteiger partial charge in [-0.25, -0.2) is 0 Å². The lowest BCUT2D eigenvalue weighted by Crippen LogP contribution is -2.46. The summed E-state index contributed by atoms with van der Waals surface area (Å²) >= 11 is 0. The van der Waals surface area contributed by atoms with E-state index in [9.17, 15) is 9.59 Å². The van der Waals surface area contributed by atoms with Crippen molar-refractivity contribution in [2.45, 2.75) is 25.3 Å². The van der Waals surface area contributed by atoms with E-state index in [2.05, 4.69) is 25.5 Å². The van der Waals surface area contributed by atoms with E-state index in [1.807, 2.05) is 42.6 Å². The second kappa shape index (κ2) is 8.87. The number of fused-ring (bicyclic) bond motifs is 1. The lowest BCUT2D eigenvalue weighted by atomic mass is 10.0. The highest BCUT2D eigenvalue weighted by Gasteiger charge is 2.22. The summed E-state index contributed by atoms with van der Waals surface area (Å²) in [5.41, 5.74) is 2.74. The van der Waals surface area contributed by atoms with Crippen molar-refractivity contribution in [2.24, 2.45) is 0 Å². The monoisotopic (exact) mass is 391 g/mol. The molecule has 2 aromatic heterocycles. The van der Waals surface area contributed by atoms with Gasteiger partial charge in [0, 0.05) is 42.6 Å². The highest BCUT2D eigenvalue weighted by atomic mass is 16.2. The maximum atomic E-state index is 12.5. The number of rotatable bonds is 6. The van der Waals surface area contributed by atoms with Crippen LogP contribution in [0.2, 0.25) is 0 Å². The van der Waals surface area contributed by atoms with E-state index >= 15 is 0 Å². The first-order valence-corrected chi connectivity index (χ1v) is 9.94. The second-order valence-electron chi connectivity index (χ2n) is 7.44. The number of benzene rings is 1. The normalized spacial score (nSPS) is 15.3. The van der Waals surface area contributed by atoms with Crippen molar-refractivity contribution >= 4 is 28.4 Å². The van der Waals surface area contributed by atoms with Gasteiger partial charge in [0.15, 0.2) is 0 Å². The number of nitrogens with zero attached hydrogens (tertiary/aromatic N) is 2. The molecule has 2 amide bonds. The maximum Gasteiger partial charge on any atom is 0.238 e. The Hall–Kier alpha value is -3.19. The van der Waals surface area contributed by atoms with Crippen LogP contribution in [0.4, 0.5) is 5.69 Å². The van der Waals surface area contributed by atoms with Crippen LogP contribution >= 0.6 is 0 Å². The quantitative estimate of drug-likeness (QED) is 0.602. The molecule has 0 radical (unpaired) electrons. The zero-order valence-corrected chi connectivity index (χ0v) is 16.2. The molecule has 29 heavy (non-hydrogen) atoms. The number of likely N-dealkylation sites (tertiary alicyclic amines) is 1. The summed E-state index contributed by atoms with van der Waals surface area (Å²) in [5, 5.41) is 7.09. The van der Waals surface area contributed by atoms with E-state index in [4.69, 9.17) is 0 Å². The highest BCUT2D eigenvalue weighted by molar-refractivity contribution is 5.92.